The molecule has 0 spiro atoms. The molecule has 2 atom stereocenters. The molecule has 0 saturated carbocycles. The van der Waals surface area contributed by atoms with Crippen molar-refractivity contribution >= 4 is 34.6 Å². The molecule has 0 aliphatic carbocycles. The van der Waals surface area contributed by atoms with E-state index in [9.17, 15) is 18.0 Å². The number of amides is 1. The Labute approximate surface area is 179 Å². The molecule has 0 radical (unpaired) electrons. The Kier molecular flexibility index (Phi) is 7.14. The van der Waals surface area contributed by atoms with Gasteiger partial charge in [-0.2, -0.15) is 13.2 Å². The molecule has 2 saturated heterocycles. The fourth-order valence-corrected chi connectivity index (χ4v) is 5.31. The molecular formula is C19H22F3N3O3S2. The molecule has 4 rings (SSSR count). The number of halogens is 3. The molecule has 2 fully saturated rings. The van der Waals surface area contributed by atoms with Gasteiger partial charge in [0.25, 0.3) is 5.91 Å². The van der Waals surface area contributed by atoms with Crippen molar-refractivity contribution < 1.29 is 27.9 Å². The van der Waals surface area contributed by atoms with Crippen molar-refractivity contribution in [2.24, 2.45) is 11.8 Å². The van der Waals surface area contributed by atoms with Gasteiger partial charge in [-0.15, -0.1) is 22.7 Å². The Bertz CT molecular complexity index is 870. The number of carboxylic acid groups (broad SMARTS) is 1. The minimum absolute atomic E-state index is 0.108. The Morgan fingerprint density at radius 2 is 1.93 bits per heavy atom. The molecule has 11 heteroatoms. The first-order valence-corrected chi connectivity index (χ1v) is 11.1. The summed E-state index contributed by atoms with van der Waals surface area (Å²) < 4.78 is 31.7. The number of thiazole rings is 1. The van der Waals surface area contributed by atoms with Crippen molar-refractivity contribution in [3.63, 3.8) is 0 Å². The first-order chi connectivity index (χ1) is 14.1. The fraction of sp³-hybridized carbons (Fsp3) is 0.526. The number of rotatable bonds is 3. The lowest BCUT2D eigenvalue weighted by molar-refractivity contribution is -0.192. The van der Waals surface area contributed by atoms with Crippen molar-refractivity contribution in [1.82, 2.24) is 14.8 Å². The molecule has 2 aromatic rings. The van der Waals surface area contributed by atoms with Crippen LogP contribution in [0.1, 0.15) is 26.7 Å². The summed E-state index contributed by atoms with van der Waals surface area (Å²) in [7, 11) is 0. The normalized spacial score (nSPS) is 21.7. The zero-order valence-corrected chi connectivity index (χ0v) is 17.9. The molecule has 4 heterocycles. The molecule has 2 aromatic heterocycles. The van der Waals surface area contributed by atoms with Crippen LogP contribution in [0.5, 0.6) is 0 Å². The number of aliphatic carboxylic acids is 1. The highest BCUT2D eigenvalue weighted by Gasteiger charge is 2.39. The number of carbonyl (C=O) groups is 2. The van der Waals surface area contributed by atoms with Crippen LogP contribution in [-0.4, -0.2) is 64.1 Å². The van der Waals surface area contributed by atoms with Crippen molar-refractivity contribution in [3.05, 3.63) is 38.5 Å². The van der Waals surface area contributed by atoms with E-state index in [2.05, 4.69) is 28.9 Å². The third kappa shape index (κ3) is 5.79. The fourth-order valence-electron chi connectivity index (χ4n) is 3.85. The van der Waals surface area contributed by atoms with Crippen molar-refractivity contribution in [1.29, 1.82) is 0 Å². The van der Waals surface area contributed by atoms with Crippen LogP contribution in [0, 0.1) is 18.8 Å². The number of hydrogen-bond donors (Lipinski definition) is 1. The van der Waals surface area contributed by atoms with Gasteiger partial charge in [-0.3, -0.25) is 9.69 Å². The predicted octanol–water partition coefficient (Wildman–Crippen LogP) is 3.74. The van der Waals surface area contributed by atoms with Gasteiger partial charge in [0.1, 0.15) is 5.69 Å². The van der Waals surface area contributed by atoms with Gasteiger partial charge in [-0.05, 0) is 37.3 Å². The minimum atomic E-state index is -5.08. The second kappa shape index (κ2) is 9.44. The van der Waals surface area contributed by atoms with E-state index < -0.39 is 12.1 Å². The summed E-state index contributed by atoms with van der Waals surface area (Å²) in [4.78, 5) is 33.0. The number of piperidine rings is 1. The third-order valence-corrected chi connectivity index (χ3v) is 6.81. The smallest absolute Gasteiger partial charge is 0.475 e. The standard InChI is InChI=1S/C17H21N3OS2.C2HF3O2/c1-12-2-3-15(23-12)9-19-6-13-4-5-20(8-14(13)7-19)17(21)16-10-22-11-18-16;3-2(4,5)1(6)7/h2-3,10-11,13-14H,4-9H2,1H3;(H,6,7)/t13-,14-;/m1./s1. The lowest BCUT2D eigenvalue weighted by Crippen LogP contribution is -2.43. The molecular weight excluding hydrogens is 439 g/mol. The lowest BCUT2D eigenvalue weighted by atomic mass is 9.88. The van der Waals surface area contributed by atoms with Gasteiger partial charge in [-0.1, -0.05) is 0 Å². The van der Waals surface area contributed by atoms with Crippen LogP contribution in [0.25, 0.3) is 0 Å². The van der Waals surface area contributed by atoms with Crippen LogP contribution in [0.4, 0.5) is 13.2 Å². The Balaban J connectivity index is 0.000000318. The van der Waals surface area contributed by atoms with E-state index in [1.165, 1.54) is 27.6 Å². The van der Waals surface area contributed by atoms with E-state index in [0.29, 0.717) is 11.6 Å². The van der Waals surface area contributed by atoms with Gasteiger partial charge in [0.2, 0.25) is 0 Å². The van der Waals surface area contributed by atoms with Gasteiger partial charge in [0, 0.05) is 47.9 Å². The van der Waals surface area contributed by atoms with E-state index in [-0.39, 0.29) is 5.91 Å². The Morgan fingerprint density at radius 1 is 1.23 bits per heavy atom. The number of carboxylic acids is 1. The Morgan fingerprint density at radius 3 is 2.50 bits per heavy atom. The summed E-state index contributed by atoms with van der Waals surface area (Å²) in [5.41, 5.74) is 2.35. The number of carbonyl (C=O) groups excluding carboxylic acids is 1. The van der Waals surface area contributed by atoms with Gasteiger partial charge >= 0.3 is 12.1 Å². The maximum Gasteiger partial charge on any atom is 0.490 e. The molecule has 1 N–H and O–H groups in total. The van der Waals surface area contributed by atoms with Crippen LogP contribution < -0.4 is 0 Å². The number of fused-ring (bicyclic) bond motifs is 1. The highest BCUT2D eigenvalue weighted by atomic mass is 32.1. The van der Waals surface area contributed by atoms with E-state index in [1.807, 2.05) is 21.6 Å². The number of hydrogen-bond acceptors (Lipinski definition) is 6. The van der Waals surface area contributed by atoms with Crippen LogP contribution in [0.2, 0.25) is 0 Å². The monoisotopic (exact) mass is 461 g/mol. The van der Waals surface area contributed by atoms with Crippen molar-refractivity contribution in [2.45, 2.75) is 26.1 Å². The number of nitrogens with zero attached hydrogens (tertiary/aromatic N) is 3. The van der Waals surface area contributed by atoms with Crippen molar-refractivity contribution in [3.8, 4) is 0 Å². The second-order valence-electron chi connectivity index (χ2n) is 7.44. The van der Waals surface area contributed by atoms with Gasteiger partial charge in [-0.25, -0.2) is 9.78 Å². The minimum Gasteiger partial charge on any atom is -0.475 e. The zero-order valence-electron chi connectivity index (χ0n) is 16.3. The summed E-state index contributed by atoms with van der Waals surface area (Å²) in [6.45, 7) is 7.29. The molecule has 164 valence electrons. The van der Waals surface area contributed by atoms with E-state index in [4.69, 9.17) is 9.90 Å². The van der Waals surface area contributed by atoms with Crippen LogP contribution in [-0.2, 0) is 11.3 Å². The van der Waals surface area contributed by atoms with Crippen LogP contribution >= 0.6 is 22.7 Å². The SMILES string of the molecule is Cc1ccc(CN2C[C@H]3CCN(C(=O)c4cscn4)C[C@H]3C2)s1.O=C(O)C(F)(F)F. The van der Waals surface area contributed by atoms with Crippen molar-refractivity contribution in [2.75, 3.05) is 26.2 Å². The van der Waals surface area contributed by atoms with Gasteiger partial charge < -0.3 is 10.0 Å². The van der Waals surface area contributed by atoms with Gasteiger partial charge in [0.15, 0.2) is 0 Å². The third-order valence-electron chi connectivity index (χ3n) is 5.23. The largest absolute Gasteiger partial charge is 0.490 e. The first-order valence-electron chi connectivity index (χ1n) is 9.38. The molecule has 30 heavy (non-hydrogen) atoms. The lowest BCUT2D eigenvalue weighted by Gasteiger charge is -2.34. The number of alkyl halides is 3. The Hall–Kier alpha value is -1.98. The summed E-state index contributed by atoms with van der Waals surface area (Å²) >= 11 is 3.39. The average Bonchev–Trinajstić information content (AvgIpc) is 3.41. The zero-order chi connectivity index (χ0) is 21.9. The van der Waals surface area contributed by atoms with E-state index >= 15 is 0 Å². The van der Waals surface area contributed by atoms with Crippen LogP contribution in [0.3, 0.4) is 0 Å². The van der Waals surface area contributed by atoms with E-state index in [0.717, 1.165) is 38.5 Å². The molecule has 0 unspecified atom stereocenters. The highest BCUT2D eigenvalue weighted by molar-refractivity contribution is 7.11. The molecule has 6 nitrogen and oxygen atoms in total. The number of likely N-dealkylation sites (tertiary alicyclic amines) is 2. The predicted molar refractivity (Wildman–Crippen MR) is 108 cm³/mol. The van der Waals surface area contributed by atoms with Crippen LogP contribution in [0.15, 0.2) is 23.0 Å². The first kappa shape index (κ1) is 22.7. The topological polar surface area (TPSA) is 73.7 Å². The maximum atomic E-state index is 12.5. The summed E-state index contributed by atoms with van der Waals surface area (Å²) in [6.07, 6.45) is -3.96. The summed E-state index contributed by atoms with van der Waals surface area (Å²) in [5.74, 6) is -1.28. The quantitative estimate of drug-likeness (QED) is 0.754. The van der Waals surface area contributed by atoms with Gasteiger partial charge in [0.05, 0.1) is 5.51 Å². The number of thiophene rings is 1. The summed E-state index contributed by atoms with van der Waals surface area (Å²) in [5, 5.41) is 8.98. The molecule has 0 bridgehead atoms. The molecule has 1 amide bonds. The second-order valence-corrected chi connectivity index (χ2v) is 9.53. The number of aryl methyl sites for hydroxylation is 1. The molecule has 0 aromatic carbocycles. The number of aromatic nitrogens is 1. The highest BCUT2D eigenvalue weighted by Crippen LogP contribution is 2.33. The maximum absolute atomic E-state index is 12.5. The van der Waals surface area contributed by atoms with E-state index in [1.54, 1.807) is 5.51 Å². The molecule has 2 aliphatic heterocycles. The average molecular weight is 462 g/mol. The molecule has 2 aliphatic rings. The summed E-state index contributed by atoms with van der Waals surface area (Å²) in [6, 6.07) is 4.46.